The van der Waals surface area contributed by atoms with Crippen molar-refractivity contribution in [2.45, 2.75) is 20.0 Å². The number of hydrogen-bond donors (Lipinski definition) is 0. The van der Waals surface area contributed by atoms with Crippen molar-refractivity contribution in [2.75, 3.05) is 6.61 Å². The summed E-state index contributed by atoms with van der Waals surface area (Å²) in [6.07, 6.45) is 0.628. The van der Waals surface area contributed by atoms with Gasteiger partial charge in [-0.15, -0.1) is 0 Å². The molecule has 0 N–H and O–H groups in total. The largest absolute Gasteiger partial charge is 0.474 e. The molecule has 4 rings (SSSR count). The molecule has 6 heteroatoms. The summed E-state index contributed by atoms with van der Waals surface area (Å²) in [4.78, 5) is 25.0. The third kappa shape index (κ3) is 3.98. The Balaban J connectivity index is 1.59. The first-order chi connectivity index (χ1) is 14.5. The number of ether oxygens (including phenoxy) is 3. The lowest BCUT2D eigenvalue weighted by Crippen LogP contribution is -2.21. The third-order valence-corrected chi connectivity index (χ3v) is 4.53. The Hall–Kier alpha value is -3.80. The van der Waals surface area contributed by atoms with Gasteiger partial charge in [-0.1, -0.05) is 30.3 Å². The van der Waals surface area contributed by atoms with Crippen molar-refractivity contribution in [1.29, 1.82) is 0 Å². The van der Waals surface area contributed by atoms with Crippen LogP contribution in [0.4, 0.5) is 0 Å². The summed E-state index contributed by atoms with van der Waals surface area (Å²) in [5.41, 5.74) is 1.09. The molecule has 152 valence electrons. The summed E-state index contributed by atoms with van der Waals surface area (Å²) >= 11 is 0. The fraction of sp³-hybridized carbons (Fsp3) is 0.167. The third-order valence-electron chi connectivity index (χ3n) is 4.53. The molecule has 1 aliphatic rings. The van der Waals surface area contributed by atoms with Crippen molar-refractivity contribution >= 4 is 17.8 Å². The van der Waals surface area contributed by atoms with Gasteiger partial charge in [0.05, 0.1) is 12.2 Å². The van der Waals surface area contributed by atoms with Crippen molar-refractivity contribution < 1.29 is 28.2 Å². The second kappa shape index (κ2) is 8.29. The average molecular weight is 404 g/mol. The first-order valence-corrected chi connectivity index (χ1v) is 9.58. The van der Waals surface area contributed by atoms with Crippen molar-refractivity contribution in [3.05, 3.63) is 89.1 Å². The molecule has 30 heavy (non-hydrogen) atoms. The maximum absolute atomic E-state index is 12.6. The molecule has 0 amide bonds. The monoisotopic (exact) mass is 404 g/mol. The highest BCUT2D eigenvalue weighted by atomic mass is 16.6. The van der Waals surface area contributed by atoms with Crippen LogP contribution in [0, 0.1) is 6.92 Å². The van der Waals surface area contributed by atoms with E-state index in [9.17, 15) is 9.59 Å². The SMILES string of the molecule is CCOC(=O)C(Oc1ccc2c(c1)OC(=Cc1ccc(C)o1)C2=O)c1ccccc1. The molecular formula is C24H20O6. The predicted octanol–water partition coefficient (Wildman–Crippen LogP) is 4.89. The zero-order valence-corrected chi connectivity index (χ0v) is 16.6. The van der Waals surface area contributed by atoms with Gasteiger partial charge in [0.2, 0.25) is 11.9 Å². The maximum atomic E-state index is 12.6. The number of ketones is 1. The highest BCUT2D eigenvalue weighted by Crippen LogP contribution is 2.36. The fourth-order valence-corrected chi connectivity index (χ4v) is 3.13. The molecule has 1 unspecified atom stereocenters. The molecular weight excluding hydrogens is 384 g/mol. The normalized spacial score (nSPS) is 14.9. The smallest absolute Gasteiger partial charge is 0.352 e. The van der Waals surface area contributed by atoms with E-state index in [4.69, 9.17) is 18.6 Å². The van der Waals surface area contributed by atoms with Gasteiger partial charge < -0.3 is 18.6 Å². The highest BCUT2D eigenvalue weighted by molar-refractivity contribution is 6.14. The molecule has 2 aromatic carbocycles. The van der Waals surface area contributed by atoms with Gasteiger partial charge in [0, 0.05) is 17.7 Å². The molecule has 1 aliphatic heterocycles. The van der Waals surface area contributed by atoms with Gasteiger partial charge >= 0.3 is 5.97 Å². The summed E-state index contributed by atoms with van der Waals surface area (Å²) in [5.74, 6) is 1.46. The quantitative estimate of drug-likeness (QED) is 0.430. The topological polar surface area (TPSA) is 75.0 Å². The van der Waals surface area contributed by atoms with Crippen LogP contribution in [0.5, 0.6) is 11.5 Å². The van der Waals surface area contributed by atoms with Crippen LogP contribution in [-0.2, 0) is 9.53 Å². The number of rotatable bonds is 6. The van der Waals surface area contributed by atoms with E-state index in [1.54, 1.807) is 49.4 Å². The molecule has 6 nitrogen and oxygen atoms in total. The predicted molar refractivity (Wildman–Crippen MR) is 109 cm³/mol. The Labute approximate surface area is 173 Å². The molecule has 3 aromatic rings. The van der Waals surface area contributed by atoms with Gasteiger partial charge in [-0.25, -0.2) is 4.79 Å². The van der Waals surface area contributed by atoms with Gasteiger partial charge in [0.1, 0.15) is 23.0 Å². The molecule has 0 bridgehead atoms. The van der Waals surface area contributed by atoms with Gasteiger partial charge in [-0.3, -0.25) is 4.79 Å². The molecule has 0 fully saturated rings. The summed E-state index contributed by atoms with van der Waals surface area (Å²) in [7, 11) is 0. The molecule has 0 aliphatic carbocycles. The molecule has 0 radical (unpaired) electrons. The molecule has 1 aromatic heterocycles. The van der Waals surface area contributed by atoms with Gasteiger partial charge in [0.25, 0.3) is 0 Å². The lowest BCUT2D eigenvalue weighted by atomic mass is 10.1. The first kappa shape index (κ1) is 19.5. The Morgan fingerprint density at radius 2 is 1.90 bits per heavy atom. The van der Waals surface area contributed by atoms with Crippen molar-refractivity contribution in [3.8, 4) is 11.5 Å². The minimum absolute atomic E-state index is 0.168. The van der Waals surface area contributed by atoms with Crippen LogP contribution >= 0.6 is 0 Å². The molecule has 1 atom stereocenters. The molecule has 0 spiro atoms. The van der Waals surface area contributed by atoms with Crippen LogP contribution in [0.1, 0.15) is 40.5 Å². The van der Waals surface area contributed by atoms with Crippen molar-refractivity contribution in [3.63, 3.8) is 0 Å². The van der Waals surface area contributed by atoms with Gasteiger partial charge in [-0.05, 0) is 38.1 Å². The second-order valence-corrected chi connectivity index (χ2v) is 6.71. The number of carbonyl (C=O) groups excluding carboxylic acids is 2. The zero-order valence-electron chi connectivity index (χ0n) is 16.6. The number of fused-ring (bicyclic) bond motifs is 1. The standard InChI is InChI=1S/C24H20O6/c1-3-27-24(26)23(16-7-5-4-6-8-16)29-18-11-12-19-20(13-18)30-21(22(19)25)14-17-10-9-15(2)28-17/h4-14,23H,3H2,1-2H3. The summed E-state index contributed by atoms with van der Waals surface area (Å²) < 4.78 is 22.3. The van der Waals surface area contributed by atoms with E-state index < -0.39 is 12.1 Å². The number of carbonyl (C=O) groups is 2. The Morgan fingerprint density at radius 1 is 1.10 bits per heavy atom. The number of esters is 1. The van der Waals surface area contributed by atoms with E-state index in [1.807, 2.05) is 31.2 Å². The van der Waals surface area contributed by atoms with Crippen LogP contribution < -0.4 is 9.47 Å². The number of aryl methyl sites for hydroxylation is 1. The highest BCUT2D eigenvalue weighted by Gasteiger charge is 2.30. The summed E-state index contributed by atoms with van der Waals surface area (Å²) in [5, 5.41) is 0. The van der Waals surface area contributed by atoms with Crippen LogP contribution in [0.2, 0.25) is 0 Å². The van der Waals surface area contributed by atoms with Crippen molar-refractivity contribution in [1.82, 2.24) is 0 Å². The lowest BCUT2D eigenvalue weighted by molar-refractivity contribution is -0.151. The zero-order chi connectivity index (χ0) is 21.1. The van der Waals surface area contributed by atoms with Gasteiger partial charge in [0.15, 0.2) is 5.76 Å². The van der Waals surface area contributed by atoms with Crippen LogP contribution in [0.25, 0.3) is 6.08 Å². The Bertz CT molecular complexity index is 1110. The summed E-state index contributed by atoms with van der Waals surface area (Å²) in [6.45, 7) is 3.81. The Morgan fingerprint density at radius 3 is 2.60 bits per heavy atom. The second-order valence-electron chi connectivity index (χ2n) is 6.71. The van der Waals surface area contributed by atoms with Crippen LogP contribution in [0.3, 0.4) is 0 Å². The summed E-state index contributed by atoms with van der Waals surface area (Å²) in [6, 6.07) is 17.5. The number of allylic oxidation sites excluding steroid dienone is 1. The average Bonchev–Trinajstić information content (AvgIpc) is 3.29. The van der Waals surface area contributed by atoms with Crippen LogP contribution in [-0.4, -0.2) is 18.4 Å². The molecule has 2 heterocycles. The van der Waals surface area contributed by atoms with Crippen LogP contribution in [0.15, 0.2) is 70.8 Å². The van der Waals surface area contributed by atoms with Crippen molar-refractivity contribution in [2.24, 2.45) is 0 Å². The van der Waals surface area contributed by atoms with E-state index in [2.05, 4.69) is 0 Å². The van der Waals surface area contributed by atoms with Gasteiger partial charge in [-0.2, -0.15) is 0 Å². The van der Waals surface area contributed by atoms with E-state index in [0.717, 1.165) is 5.76 Å². The lowest BCUT2D eigenvalue weighted by Gasteiger charge is -2.18. The van der Waals surface area contributed by atoms with E-state index >= 15 is 0 Å². The minimum atomic E-state index is -0.928. The number of hydrogen-bond acceptors (Lipinski definition) is 6. The fourth-order valence-electron chi connectivity index (χ4n) is 3.13. The number of benzene rings is 2. The molecule has 0 saturated carbocycles. The van der Waals surface area contributed by atoms with E-state index in [-0.39, 0.29) is 18.1 Å². The first-order valence-electron chi connectivity index (χ1n) is 9.58. The van der Waals surface area contributed by atoms with E-state index in [1.165, 1.54) is 0 Å². The Kier molecular flexibility index (Phi) is 5.39. The minimum Gasteiger partial charge on any atom is -0.474 e. The van der Waals surface area contributed by atoms with E-state index in [0.29, 0.717) is 28.4 Å². The molecule has 0 saturated heterocycles. The maximum Gasteiger partial charge on any atom is 0.352 e. The number of Topliss-reactive ketones (excluding diaryl/α,β-unsaturated/α-hetero) is 1. The number of furan rings is 1.